The second-order valence-electron chi connectivity index (χ2n) is 6.63. The number of hydrogen-bond acceptors (Lipinski definition) is 2. The van der Waals surface area contributed by atoms with Crippen molar-refractivity contribution in [3.63, 3.8) is 0 Å². The summed E-state index contributed by atoms with van der Waals surface area (Å²) in [6.07, 6.45) is 2.08. The fourth-order valence-electron chi connectivity index (χ4n) is 3.87. The molecular formula is C24H17NOS. The van der Waals surface area contributed by atoms with Gasteiger partial charge in [0.25, 0.3) is 5.91 Å². The van der Waals surface area contributed by atoms with E-state index in [1.54, 1.807) is 11.8 Å². The van der Waals surface area contributed by atoms with Crippen LogP contribution < -0.4 is 5.32 Å². The predicted molar refractivity (Wildman–Crippen MR) is 116 cm³/mol. The molecule has 0 saturated carbocycles. The Kier molecular flexibility index (Phi) is 3.76. The van der Waals surface area contributed by atoms with Crippen molar-refractivity contribution < 1.29 is 4.79 Å². The molecule has 5 rings (SSSR count). The molecule has 1 N–H and O–H groups in total. The number of anilines is 1. The molecule has 3 heteroatoms. The molecule has 0 radical (unpaired) electrons. The second kappa shape index (κ2) is 6.29. The van der Waals surface area contributed by atoms with Crippen molar-refractivity contribution in [2.24, 2.45) is 0 Å². The largest absolute Gasteiger partial charge is 0.321 e. The predicted octanol–water partition coefficient (Wildman–Crippen LogP) is 6.56. The zero-order valence-corrected chi connectivity index (χ0v) is 15.6. The lowest BCUT2D eigenvalue weighted by atomic mass is 9.93. The first kappa shape index (κ1) is 16.2. The van der Waals surface area contributed by atoms with Gasteiger partial charge in [0.05, 0.1) is 5.69 Å². The molecule has 5 aromatic rings. The molecule has 0 heterocycles. The number of rotatable bonds is 3. The van der Waals surface area contributed by atoms with Crippen LogP contribution in [0, 0.1) is 0 Å². The van der Waals surface area contributed by atoms with E-state index < -0.39 is 0 Å². The Morgan fingerprint density at radius 3 is 2.22 bits per heavy atom. The summed E-state index contributed by atoms with van der Waals surface area (Å²) in [6, 6.07) is 26.4. The van der Waals surface area contributed by atoms with Crippen LogP contribution in [0.3, 0.4) is 0 Å². The molecule has 0 spiro atoms. The van der Waals surface area contributed by atoms with Gasteiger partial charge in [-0.15, -0.1) is 11.8 Å². The number of carbonyl (C=O) groups is 1. The third-order valence-electron chi connectivity index (χ3n) is 5.09. The average Bonchev–Trinajstić information content (AvgIpc) is 2.72. The van der Waals surface area contributed by atoms with Gasteiger partial charge in [0.15, 0.2) is 0 Å². The van der Waals surface area contributed by atoms with Crippen LogP contribution in [-0.4, -0.2) is 12.2 Å². The van der Waals surface area contributed by atoms with Crippen molar-refractivity contribution in [3.8, 4) is 0 Å². The van der Waals surface area contributed by atoms with E-state index in [0.717, 1.165) is 16.5 Å². The first-order valence-corrected chi connectivity index (χ1v) is 10.1. The zero-order chi connectivity index (χ0) is 18.4. The Hall–Kier alpha value is -3.04. The zero-order valence-electron chi connectivity index (χ0n) is 14.8. The lowest BCUT2D eigenvalue weighted by molar-refractivity contribution is 0.102. The third kappa shape index (κ3) is 2.54. The van der Waals surface area contributed by atoms with Gasteiger partial charge in [-0.25, -0.2) is 0 Å². The molecule has 0 unspecified atom stereocenters. The van der Waals surface area contributed by atoms with Crippen LogP contribution in [0.15, 0.2) is 83.8 Å². The maximum atomic E-state index is 12.8. The normalized spacial score (nSPS) is 11.4. The minimum Gasteiger partial charge on any atom is -0.321 e. The highest BCUT2D eigenvalue weighted by molar-refractivity contribution is 7.98. The van der Waals surface area contributed by atoms with E-state index in [1.807, 2.05) is 30.3 Å². The van der Waals surface area contributed by atoms with Crippen LogP contribution in [0.1, 0.15) is 10.4 Å². The smallest absolute Gasteiger partial charge is 0.255 e. The molecular weight excluding hydrogens is 350 g/mol. The van der Waals surface area contributed by atoms with Crippen LogP contribution in [0.5, 0.6) is 0 Å². The fraction of sp³-hybridized carbons (Fsp3) is 0.0417. The Balaban J connectivity index is 1.82. The topological polar surface area (TPSA) is 29.1 Å². The van der Waals surface area contributed by atoms with E-state index in [4.69, 9.17) is 0 Å². The highest BCUT2D eigenvalue weighted by atomic mass is 32.2. The summed E-state index contributed by atoms with van der Waals surface area (Å²) in [5, 5.41) is 10.3. The summed E-state index contributed by atoms with van der Waals surface area (Å²) in [6.45, 7) is 0. The lowest BCUT2D eigenvalue weighted by Gasteiger charge is -2.17. The average molecular weight is 367 g/mol. The number of amides is 1. The first-order chi connectivity index (χ1) is 13.3. The maximum Gasteiger partial charge on any atom is 0.255 e. The molecule has 0 atom stereocenters. The standard InChI is InChI=1S/C24H17NOS/c1-27-20-13-12-16-11-10-15-8-5-9-18-14-19(23(20)22(16)21(15)18)25-24(26)17-6-3-2-4-7-17/h2-14H,1H3,(H,25,26). The Labute approximate surface area is 161 Å². The van der Waals surface area contributed by atoms with Crippen LogP contribution in [0.25, 0.3) is 32.3 Å². The Bertz CT molecular complexity index is 1290. The van der Waals surface area contributed by atoms with Crippen LogP contribution in [-0.2, 0) is 0 Å². The van der Waals surface area contributed by atoms with E-state index in [1.165, 1.54) is 26.4 Å². The molecule has 27 heavy (non-hydrogen) atoms. The van der Waals surface area contributed by atoms with Crippen molar-refractivity contribution in [3.05, 3.63) is 84.4 Å². The lowest BCUT2D eigenvalue weighted by Crippen LogP contribution is -2.12. The number of carbonyl (C=O) groups excluding carboxylic acids is 1. The van der Waals surface area contributed by atoms with Crippen molar-refractivity contribution in [1.29, 1.82) is 0 Å². The molecule has 1 amide bonds. The minimum absolute atomic E-state index is 0.0857. The highest BCUT2D eigenvalue weighted by Gasteiger charge is 2.16. The monoisotopic (exact) mass is 367 g/mol. The maximum absolute atomic E-state index is 12.8. The van der Waals surface area contributed by atoms with Crippen LogP contribution in [0.4, 0.5) is 5.69 Å². The fourth-order valence-corrected chi connectivity index (χ4v) is 4.49. The van der Waals surface area contributed by atoms with Crippen molar-refractivity contribution in [2.45, 2.75) is 4.90 Å². The van der Waals surface area contributed by atoms with Crippen molar-refractivity contribution in [1.82, 2.24) is 0 Å². The van der Waals surface area contributed by atoms with Gasteiger partial charge in [0.2, 0.25) is 0 Å². The molecule has 130 valence electrons. The Morgan fingerprint density at radius 1 is 0.741 bits per heavy atom. The molecule has 5 aromatic carbocycles. The third-order valence-corrected chi connectivity index (χ3v) is 5.87. The number of hydrogen-bond donors (Lipinski definition) is 1. The molecule has 0 aliphatic rings. The quantitative estimate of drug-likeness (QED) is 0.289. The SMILES string of the molecule is CSc1ccc2ccc3cccc4cc(NC(=O)c5ccccc5)c1c2c34. The molecule has 0 bridgehead atoms. The van der Waals surface area contributed by atoms with Crippen molar-refractivity contribution in [2.75, 3.05) is 11.6 Å². The van der Waals surface area contributed by atoms with Crippen molar-refractivity contribution >= 4 is 55.7 Å². The summed E-state index contributed by atoms with van der Waals surface area (Å²) in [5.41, 5.74) is 1.53. The van der Waals surface area contributed by atoms with Gasteiger partial charge in [-0.1, -0.05) is 54.6 Å². The van der Waals surface area contributed by atoms with Gasteiger partial charge in [-0.05, 0) is 52.1 Å². The van der Waals surface area contributed by atoms with Gasteiger partial charge in [0.1, 0.15) is 0 Å². The molecule has 0 aliphatic carbocycles. The van der Waals surface area contributed by atoms with Gasteiger partial charge < -0.3 is 5.32 Å². The van der Waals surface area contributed by atoms with Gasteiger partial charge in [-0.3, -0.25) is 4.79 Å². The molecule has 0 aliphatic heterocycles. The van der Waals surface area contributed by atoms with Crippen LogP contribution in [0.2, 0.25) is 0 Å². The molecule has 0 saturated heterocycles. The van der Waals surface area contributed by atoms with E-state index in [0.29, 0.717) is 5.56 Å². The number of thioether (sulfide) groups is 1. The summed E-state index contributed by atoms with van der Waals surface area (Å²) in [4.78, 5) is 14.0. The minimum atomic E-state index is -0.0857. The second-order valence-corrected chi connectivity index (χ2v) is 7.48. The molecule has 2 nitrogen and oxygen atoms in total. The van der Waals surface area contributed by atoms with E-state index in [-0.39, 0.29) is 5.91 Å². The van der Waals surface area contributed by atoms with Gasteiger partial charge in [-0.2, -0.15) is 0 Å². The summed E-state index contributed by atoms with van der Waals surface area (Å²) in [5.74, 6) is -0.0857. The molecule has 0 aromatic heterocycles. The van der Waals surface area contributed by atoms with Gasteiger partial charge >= 0.3 is 0 Å². The van der Waals surface area contributed by atoms with Crippen LogP contribution >= 0.6 is 11.8 Å². The van der Waals surface area contributed by atoms with E-state index in [2.05, 4.69) is 60.1 Å². The first-order valence-electron chi connectivity index (χ1n) is 8.87. The number of benzene rings is 5. The highest BCUT2D eigenvalue weighted by Crippen LogP contribution is 2.42. The van der Waals surface area contributed by atoms with E-state index >= 15 is 0 Å². The van der Waals surface area contributed by atoms with Gasteiger partial charge in [0, 0.05) is 21.2 Å². The summed E-state index contributed by atoms with van der Waals surface area (Å²) >= 11 is 1.71. The summed E-state index contributed by atoms with van der Waals surface area (Å²) in [7, 11) is 0. The van der Waals surface area contributed by atoms with E-state index in [9.17, 15) is 4.79 Å². The number of nitrogens with one attached hydrogen (secondary N) is 1. The summed E-state index contributed by atoms with van der Waals surface area (Å²) < 4.78 is 0. The Morgan fingerprint density at radius 2 is 1.44 bits per heavy atom. The molecule has 0 fully saturated rings.